The van der Waals surface area contributed by atoms with E-state index < -0.39 is 0 Å². The molecule has 134 valence electrons. The van der Waals surface area contributed by atoms with E-state index in [1.165, 1.54) is 0 Å². The maximum Gasteiger partial charge on any atom is 0.257 e. The minimum Gasteiger partial charge on any atom is -0.343 e. The first kappa shape index (κ1) is 17.1. The lowest BCUT2D eigenvalue weighted by molar-refractivity contribution is -0.116. The smallest absolute Gasteiger partial charge is 0.257 e. The number of ketones is 1. The van der Waals surface area contributed by atoms with Crippen molar-refractivity contribution >= 4 is 23.4 Å². The van der Waals surface area contributed by atoms with Crippen molar-refractivity contribution in [2.75, 3.05) is 11.1 Å². The van der Waals surface area contributed by atoms with Crippen LogP contribution in [0.2, 0.25) is 0 Å². The lowest BCUT2D eigenvalue weighted by Crippen LogP contribution is -2.32. The second kappa shape index (κ2) is 7.11. The minimum absolute atomic E-state index is 0.127. The lowest BCUT2D eigenvalue weighted by atomic mass is 9.76. The molecule has 0 bridgehead atoms. The maximum absolute atomic E-state index is 12.9. The molecule has 0 saturated carbocycles. The van der Waals surface area contributed by atoms with Gasteiger partial charge in [-0.15, -0.1) is 0 Å². The summed E-state index contributed by atoms with van der Waals surface area (Å²) in [5.41, 5.74) is 2.99. The average molecular weight is 367 g/mol. The average Bonchev–Trinajstić information content (AvgIpc) is 2.65. The molecule has 2 N–H and O–H groups in total. The SMILES string of the molecule is CCCSc1nc2c(c(=O)[nH]1)[C@@H](c1ccccc1)C1=C(CCCC1=O)N2. The van der Waals surface area contributed by atoms with Crippen molar-refractivity contribution in [1.82, 2.24) is 9.97 Å². The molecule has 0 saturated heterocycles. The molecule has 1 aliphatic carbocycles. The van der Waals surface area contributed by atoms with Crippen molar-refractivity contribution in [1.29, 1.82) is 0 Å². The van der Waals surface area contributed by atoms with Crippen LogP contribution in [-0.2, 0) is 4.79 Å². The van der Waals surface area contributed by atoms with E-state index in [9.17, 15) is 9.59 Å². The molecule has 1 aromatic carbocycles. The van der Waals surface area contributed by atoms with Crippen LogP contribution in [0.25, 0.3) is 0 Å². The number of Topliss-reactive ketones (excluding diaryl/α,β-unsaturated/α-hetero) is 1. The van der Waals surface area contributed by atoms with Crippen molar-refractivity contribution in [3.05, 3.63) is 63.1 Å². The highest BCUT2D eigenvalue weighted by Gasteiger charge is 2.37. The Hall–Kier alpha value is -2.34. The Kier molecular flexibility index (Phi) is 4.68. The number of anilines is 1. The van der Waals surface area contributed by atoms with Gasteiger partial charge in [-0.05, 0) is 24.8 Å². The number of aromatic amines is 1. The molecule has 0 unspecified atom stereocenters. The third kappa shape index (κ3) is 2.98. The first-order chi connectivity index (χ1) is 12.7. The number of thioether (sulfide) groups is 1. The fourth-order valence-corrected chi connectivity index (χ4v) is 4.40. The van der Waals surface area contributed by atoms with E-state index in [0.717, 1.165) is 41.8 Å². The van der Waals surface area contributed by atoms with Gasteiger partial charge in [0, 0.05) is 29.4 Å². The molecule has 1 aromatic heterocycles. The molecule has 0 amide bonds. The Labute approximate surface area is 156 Å². The summed E-state index contributed by atoms with van der Waals surface area (Å²) in [6.07, 6.45) is 3.20. The summed E-state index contributed by atoms with van der Waals surface area (Å²) in [4.78, 5) is 33.2. The van der Waals surface area contributed by atoms with Crippen LogP contribution in [0.1, 0.15) is 49.7 Å². The predicted octanol–water partition coefficient (Wildman–Crippen LogP) is 3.84. The fraction of sp³-hybridized carbons (Fsp3) is 0.350. The van der Waals surface area contributed by atoms with E-state index in [1.807, 2.05) is 30.3 Å². The number of aromatic nitrogens is 2. The number of rotatable bonds is 4. The molecule has 26 heavy (non-hydrogen) atoms. The Morgan fingerprint density at radius 2 is 2.00 bits per heavy atom. The first-order valence-corrected chi connectivity index (χ1v) is 10.0. The minimum atomic E-state index is -0.350. The summed E-state index contributed by atoms with van der Waals surface area (Å²) in [6.45, 7) is 2.10. The van der Waals surface area contributed by atoms with E-state index in [-0.39, 0.29) is 17.3 Å². The Balaban J connectivity index is 1.89. The molecule has 2 aromatic rings. The second-order valence-electron chi connectivity index (χ2n) is 6.62. The van der Waals surface area contributed by atoms with Crippen LogP contribution < -0.4 is 10.9 Å². The summed E-state index contributed by atoms with van der Waals surface area (Å²) in [7, 11) is 0. The molecule has 1 atom stereocenters. The van der Waals surface area contributed by atoms with E-state index >= 15 is 0 Å². The van der Waals surface area contributed by atoms with Crippen molar-refractivity contribution < 1.29 is 4.79 Å². The zero-order chi connectivity index (χ0) is 18.1. The molecule has 0 spiro atoms. The van der Waals surface area contributed by atoms with Crippen molar-refractivity contribution in [2.24, 2.45) is 0 Å². The van der Waals surface area contributed by atoms with Gasteiger partial charge in [0.2, 0.25) is 0 Å². The molecule has 1 aliphatic heterocycles. The number of benzene rings is 1. The van der Waals surface area contributed by atoms with Gasteiger partial charge in [-0.3, -0.25) is 9.59 Å². The van der Waals surface area contributed by atoms with E-state index in [2.05, 4.69) is 22.2 Å². The van der Waals surface area contributed by atoms with E-state index in [1.54, 1.807) is 11.8 Å². The Bertz CT molecular complexity index is 934. The van der Waals surface area contributed by atoms with E-state index in [0.29, 0.717) is 23.0 Å². The molecule has 6 heteroatoms. The number of allylic oxidation sites excluding steroid dienone is 2. The summed E-state index contributed by atoms with van der Waals surface area (Å²) in [5, 5.41) is 3.93. The Morgan fingerprint density at radius 3 is 2.77 bits per heavy atom. The zero-order valence-electron chi connectivity index (χ0n) is 14.7. The highest BCUT2D eigenvalue weighted by atomic mass is 32.2. The third-order valence-corrected chi connectivity index (χ3v) is 5.89. The Morgan fingerprint density at radius 1 is 1.19 bits per heavy atom. The summed E-state index contributed by atoms with van der Waals surface area (Å²) in [5.74, 6) is 1.27. The first-order valence-electron chi connectivity index (χ1n) is 9.04. The predicted molar refractivity (Wildman–Crippen MR) is 104 cm³/mol. The van der Waals surface area contributed by atoms with Gasteiger partial charge in [-0.2, -0.15) is 0 Å². The normalized spacial score (nSPS) is 19.0. The van der Waals surface area contributed by atoms with Crippen LogP contribution in [-0.4, -0.2) is 21.5 Å². The summed E-state index contributed by atoms with van der Waals surface area (Å²) in [6, 6.07) is 9.78. The van der Waals surface area contributed by atoms with Gasteiger partial charge in [0.1, 0.15) is 5.82 Å². The van der Waals surface area contributed by atoms with Crippen LogP contribution in [0, 0.1) is 0 Å². The molecular formula is C20H21N3O2S. The number of fused-ring (bicyclic) bond motifs is 1. The molecule has 4 rings (SSSR count). The quantitative estimate of drug-likeness (QED) is 0.634. The van der Waals surface area contributed by atoms with Crippen LogP contribution in [0.4, 0.5) is 5.82 Å². The van der Waals surface area contributed by atoms with Crippen LogP contribution in [0.5, 0.6) is 0 Å². The van der Waals surface area contributed by atoms with E-state index in [4.69, 9.17) is 0 Å². The summed E-state index contributed by atoms with van der Waals surface area (Å²) >= 11 is 1.54. The highest BCUT2D eigenvalue weighted by Crippen LogP contribution is 2.43. The topological polar surface area (TPSA) is 74.8 Å². The molecular weight excluding hydrogens is 346 g/mol. The second-order valence-corrected chi connectivity index (χ2v) is 7.70. The van der Waals surface area contributed by atoms with Gasteiger partial charge in [0.15, 0.2) is 10.9 Å². The van der Waals surface area contributed by atoms with Gasteiger partial charge >= 0.3 is 0 Å². The number of carbonyl (C=O) groups is 1. The van der Waals surface area contributed by atoms with Gasteiger partial charge in [-0.1, -0.05) is 49.0 Å². The van der Waals surface area contributed by atoms with Crippen LogP contribution >= 0.6 is 11.8 Å². The number of H-pyrrole nitrogens is 1. The van der Waals surface area contributed by atoms with Gasteiger partial charge < -0.3 is 10.3 Å². The summed E-state index contributed by atoms with van der Waals surface area (Å²) < 4.78 is 0. The number of nitrogens with zero attached hydrogens (tertiary/aromatic N) is 1. The van der Waals surface area contributed by atoms with Crippen LogP contribution in [0.15, 0.2) is 51.6 Å². The largest absolute Gasteiger partial charge is 0.343 e. The van der Waals surface area contributed by atoms with Gasteiger partial charge in [0.25, 0.3) is 5.56 Å². The highest BCUT2D eigenvalue weighted by molar-refractivity contribution is 7.99. The third-order valence-electron chi connectivity index (χ3n) is 4.81. The van der Waals surface area contributed by atoms with Crippen molar-refractivity contribution in [2.45, 2.75) is 43.7 Å². The monoisotopic (exact) mass is 367 g/mol. The van der Waals surface area contributed by atoms with Gasteiger partial charge in [-0.25, -0.2) is 4.98 Å². The number of nitrogens with one attached hydrogen (secondary N) is 2. The lowest BCUT2D eigenvalue weighted by Gasteiger charge is -2.32. The number of hydrogen-bond donors (Lipinski definition) is 2. The van der Waals surface area contributed by atoms with Gasteiger partial charge in [0.05, 0.1) is 5.56 Å². The standard InChI is InChI=1S/C20H21N3O2S/c1-2-11-26-20-22-18-17(19(25)23-20)15(12-7-4-3-5-8-12)16-13(21-18)9-6-10-14(16)24/h3-5,7-8,15H,2,6,9-11H2,1H3,(H2,21,22,23,25)/t15-/m0/s1. The number of carbonyl (C=O) groups excluding carboxylic acids is 1. The molecule has 0 fully saturated rings. The van der Waals surface area contributed by atoms with Crippen molar-refractivity contribution in [3.63, 3.8) is 0 Å². The van der Waals surface area contributed by atoms with Crippen molar-refractivity contribution in [3.8, 4) is 0 Å². The zero-order valence-corrected chi connectivity index (χ0v) is 15.5. The molecule has 0 radical (unpaired) electrons. The fourth-order valence-electron chi connectivity index (χ4n) is 3.69. The molecule has 2 heterocycles. The maximum atomic E-state index is 12.9. The van der Waals surface area contributed by atoms with Crippen LogP contribution in [0.3, 0.4) is 0 Å². The number of hydrogen-bond acceptors (Lipinski definition) is 5. The molecule has 5 nitrogen and oxygen atoms in total. The molecule has 2 aliphatic rings.